The maximum absolute atomic E-state index is 4.57. The van der Waals surface area contributed by atoms with E-state index < -0.39 is 0 Å². The van der Waals surface area contributed by atoms with E-state index in [-0.39, 0.29) is 0 Å². The standard InChI is InChI=1S/C11H18N4/c1-8-6-13-10(3)11(14-8)15-5-4-12-9(2)7-15/h6,9,12H,4-5,7H2,1-3H3/t9-/m0/s1. The zero-order chi connectivity index (χ0) is 10.8. The molecule has 1 aliphatic heterocycles. The van der Waals surface area contributed by atoms with Crippen molar-refractivity contribution < 1.29 is 0 Å². The molecule has 1 N–H and O–H groups in total. The molecule has 4 heteroatoms. The number of nitrogens with one attached hydrogen (secondary N) is 1. The minimum Gasteiger partial charge on any atom is -0.352 e. The quantitative estimate of drug-likeness (QED) is 0.741. The Morgan fingerprint density at radius 2 is 2.27 bits per heavy atom. The lowest BCUT2D eigenvalue weighted by Gasteiger charge is -2.33. The second-order valence-electron chi connectivity index (χ2n) is 4.22. The lowest BCUT2D eigenvalue weighted by Crippen LogP contribution is -2.49. The van der Waals surface area contributed by atoms with Crippen molar-refractivity contribution in [3.8, 4) is 0 Å². The van der Waals surface area contributed by atoms with Gasteiger partial charge in [-0.2, -0.15) is 0 Å². The maximum atomic E-state index is 4.57. The second kappa shape index (κ2) is 4.14. The highest BCUT2D eigenvalue weighted by atomic mass is 15.2. The van der Waals surface area contributed by atoms with E-state index in [2.05, 4.69) is 27.1 Å². The summed E-state index contributed by atoms with van der Waals surface area (Å²) in [5, 5.41) is 3.43. The molecule has 0 bridgehead atoms. The molecule has 4 nitrogen and oxygen atoms in total. The summed E-state index contributed by atoms with van der Waals surface area (Å²) >= 11 is 0. The van der Waals surface area contributed by atoms with Crippen LogP contribution in [0, 0.1) is 13.8 Å². The molecular formula is C11H18N4. The smallest absolute Gasteiger partial charge is 0.150 e. The molecule has 1 saturated heterocycles. The van der Waals surface area contributed by atoms with Crippen LogP contribution >= 0.6 is 0 Å². The molecule has 1 fully saturated rings. The van der Waals surface area contributed by atoms with Crippen molar-refractivity contribution in [3.05, 3.63) is 17.6 Å². The molecular weight excluding hydrogens is 188 g/mol. The highest BCUT2D eigenvalue weighted by Gasteiger charge is 2.18. The Balaban J connectivity index is 2.24. The summed E-state index contributed by atoms with van der Waals surface area (Å²) < 4.78 is 0. The number of anilines is 1. The van der Waals surface area contributed by atoms with Gasteiger partial charge in [0.25, 0.3) is 0 Å². The molecule has 0 amide bonds. The van der Waals surface area contributed by atoms with Gasteiger partial charge in [-0.05, 0) is 20.8 Å². The Bertz CT molecular complexity index is 350. The van der Waals surface area contributed by atoms with E-state index in [1.165, 1.54) is 0 Å². The number of nitrogens with zero attached hydrogens (tertiary/aromatic N) is 3. The van der Waals surface area contributed by atoms with Gasteiger partial charge in [-0.25, -0.2) is 4.98 Å². The first-order valence-corrected chi connectivity index (χ1v) is 5.45. The van der Waals surface area contributed by atoms with Gasteiger partial charge in [0.2, 0.25) is 0 Å². The van der Waals surface area contributed by atoms with E-state index >= 15 is 0 Å². The first-order chi connectivity index (χ1) is 7.16. The van der Waals surface area contributed by atoms with Crippen molar-refractivity contribution in [2.75, 3.05) is 24.5 Å². The molecule has 1 atom stereocenters. The number of rotatable bonds is 1. The molecule has 0 unspecified atom stereocenters. The van der Waals surface area contributed by atoms with E-state index in [0.717, 1.165) is 36.8 Å². The maximum Gasteiger partial charge on any atom is 0.150 e. The number of aryl methyl sites for hydroxylation is 2. The Morgan fingerprint density at radius 3 is 3.00 bits per heavy atom. The van der Waals surface area contributed by atoms with Crippen molar-refractivity contribution in [3.63, 3.8) is 0 Å². The van der Waals surface area contributed by atoms with Gasteiger partial charge in [0.15, 0.2) is 0 Å². The SMILES string of the molecule is Cc1cnc(C)c(N2CCN[C@@H](C)C2)n1. The minimum atomic E-state index is 0.528. The van der Waals surface area contributed by atoms with E-state index in [9.17, 15) is 0 Å². The Kier molecular flexibility index (Phi) is 2.86. The lowest BCUT2D eigenvalue weighted by atomic mass is 10.2. The number of piperazine rings is 1. The van der Waals surface area contributed by atoms with Crippen LogP contribution in [0.5, 0.6) is 0 Å². The highest BCUT2D eigenvalue weighted by molar-refractivity contribution is 5.43. The van der Waals surface area contributed by atoms with Gasteiger partial charge >= 0.3 is 0 Å². The van der Waals surface area contributed by atoms with Crippen molar-refractivity contribution in [1.29, 1.82) is 0 Å². The average molecular weight is 206 g/mol. The fraction of sp³-hybridized carbons (Fsp3) is 0.636. The van der Waals surface area contributed by atoms with Gasteiger partial charge in [0.05, 0.1) is 11.4 Å². The zero-order valence-corrected chi connectivity index (χ0v) is 9.62. The van der Waals surface area contributed by atoms with Gasteiger partial charge < -0.3 is 10.2 Å². The van der Waals surface area contributed by atoms with Crippen LogP contribution in [-0.4, -0.2) is 35.6 Å². The van der Waals surface area contributed by atoms with Crippen molar-refractivity contribution in [2.24, 2.45) is 0 Å². The van der Waals surface area contributed by atoms with Crippen molar-refractivity contribution >= 4 is 5.82 Å². The summed E-state index contributed by atoms with van der Waals surface area (Å²) in [6, 6.07) is 0.528. The van der Waals surface area contributed by atoms with E-state index in [1.54, 1.807) is 0 Å². The van der Waals surface area contributed by atoms with Gasteiger partial charge in [-0.1, -0.05) is 0 Å². The molecule has 1 aromatic rings. The molecule has 1 aromatic heterocycles. The van der Waals surface area contributed by atoms with Gasteiger partial charge in [-0.15, -0.1) is 0 Å². The second-order valence-corrected chi connectivity index (χ2v) is 4.22. The molecule has 2 heterocycles. The van der Waals surface area contributed by atoms with Crippen LogP contribution in [-0.2, 0) is 0 Å². The van der Waals surface area contributed by atoms with Crippen molar-refractivity contribution in [1.82, 2.24) is 15.3 Å². The van der Waals surface area contributed by atoms with Crippen molar-refractivity contribution in [2.45, 2.75) is 26.8 Å². The first-order valence-electron chi connectivity index (χ1n) is 5.45. The molecule has 1 aliphatic rings. The van der Waals surface area contributed by atoms with Gasteiger partial charge in [0.1, 0.15) is 5.82 Å². The van der Waals surface area contributed by atoms with Crippen LogP contribution in [0.3, 0.4) is 0 Å². The van der Waals surface area contributed by atoms with E-state index in [0.29, 0.717) is 6.04 Å². The van der Waals surface area contributed by atoms with Crippen LogP contribution in [0.25, 0.3) is 0 Å². The van der Waals surface area contributed by atoms with Crippen LogP contribution in [0.4, 0.5) is 5.82 Å². The Hall–Kier alpha value is -1.16. The molecule has 82 valence electrons. The monoisotopic (exact) mass is 206 g/mol. The number of hydrogen-bond acceptors (Lipinski definition) is 4. The lowest BCUT2D eigenvalue weighted by molar-refractivity contribution is 0.481. The number of aromatic nitrogens is 2. The predicted molar refractivity (Wildman–Crippen MR) is 61.2 cm³/mol. The summed E-state index contributed by atoms with van der Waals surface area (Å²) in [7, 11) is 0. The summed E-state index contributed by atoms with van der Waals surface area (Å²) in [5.74, 6) is 1.04. The fourth-order valence-corrected chi connectivity index (χ4v) is 1.95. The Morgan fingerprint density at radius 1 is 1.47 bits per heavy atom. The third kappa shape index (κ3) is 2.26. The summed E-state index contributed by atoms with van der Waals surface area (Å²) in [5.41, 5.74) is 2.01. The molecule has 0 aliphatic carbocycles. The average Bonchev–Trinajstić information content (AvgIpc) is 2.22. The third-order valence-corrected chi connectivity index (χ3v) is 2.72. The van der Waals surface area contributed by atoms with Crippen LogP contribution in [0.1, 0.15) is 18.3 Å². The van der Waals surface area contributed by atoms with E-state index in [4.69, 9.17) is 0 Å². The predicted octanol–water partition coefficient (Wildman–Crippen LogP) is 0.892. The molecule has 0 radical (unpaired) electrons. The van der Waals surface area contributed by atoms with Gasteiger partial charge in [-0.3, -0.25) is 4.98 Å². The zero-order valence-electron chi connectivity index (χ0n) is 9.62. The van der Waals surface area contributed by atoms with Gasteiger partial charge in [0, 0.05) is 31.9 Å². The minimum absolute atomic E-state index is 0.528. The summed E-state index contributed by atoms with van der Waals surface area (Å²) in [4.78, 5) is 11.2. The van der Waals surface area contributed by atoms with E-state index in [1.807, 2.05) is 20.0 Å². The Labute approximate surface area is 90.7 Å². The molecule has 0 saturated carbocycles. The van der Waals surface area contributed by atoms with Crippen LogP contribution in [0.15, 0.2) is 6.20 Å². The topological polar surface area (TPSA) is 41.1 Å². The van der Waals surface area contributed by atoms with Crippen LogP contribution < -0.4 is 10.2 Å². The fourth-order valence-electron chi connectivity index (χ4n) is 1.95. The third-order valence-electron chi connectivity index (χ3n) is 2.72. The first kappa shape index (κ1) is 10.4. The highest BCUT2D eigenvalue weighted by Crippen LogP contribution is 2.16. The molecule has 2 rings (SSSR count). The molecule has 0 aromatic carbocycles. The number of hydrogen-bond donors (Lipinski definition) is 1. The van der Waals surface area contributed by atoms with Crippen LogP contribution in [0.2, 0.25) is 0 Å². The summed E-state index contributed by atoms with van der Waals surface area (Å²) in [6.45, 7) is 9.26. The summed E-state index contributed by atoms with van der Waals surface area (Å²) in [6.07, 6.45) is 1.82. The molecule has 0 spiro atoms. The normalized spacial score (nSPS) is 21.8. The molecule has 15 heavy (non-hydrogen) atoms. The largest absolute Gasteiger partial charge is 0.352 e.